The topological polar surface area (TPSA) is 63.0 Å². The molecule has 2 aromatic carbocycles. The van der Waals surface area contributed by atoms with E-state index in [0.717, 1.165) is 35.3 Å². The van der Waals surface area contributed by atoms with Gasteiger partial charge in [0, 0.05) is 43.0 Å². The number of nitrogens with zero attached hydrogens (tertiary/aromatic N) is 2. The highest BCUT2D eigenvalue weighted by Crippen LogP contribution is 2.29. The average molecular weight is 427 g/mol. The molecule has 0 bridgehead atoms. The highest BCUT2D eigenvalue weighted by Gasteiger charge is 2.22. The van der Waals surface area contributed by atoms with Crippen LogP contribution in [0.15, 0.2) is 51.7 Å². The van der Waals surface area contributed by atoms with Crippen LogP contribution in [-0.2, 0) is 4.79 Å². The van der Waals surface area contributed by atoms with Crippen LogP contribution in [0.4, 0.5) is 5.69 Å². The lowest BCUT2D eigenvalue weighted by molar-refractivity contribution is -0.133. The first-order valence-electron chi connectivity index (χ1n) is 9.87. The molecule has 2 heterocycles. The average Bonchev–Trinajstić information content (AvgIpc) is 2.71. The van der Waals surface area contributed by atoms with Gasteiger partial charge < -0.3 is 19.0 Å². The Morgan fingerprint density at radius 2 is 1.87 bits per heavy atom. The number of hydrogen-bond acceptors (Lipinski definition) is 5. The summed E-state index contributed by atoms with van der Waals surface area (Å²) in [4.78, 5) is 28.4. The van der Waals surface area contributed by atoms with E-state index in [1.165, 1.54) is 6.07 Å². The normalized spacial score (nSPS) is 14.2. The van der Waals surface area contributed by atoms with E-state index in [0.29, 0.717) is 29.4 Å². The summed E-state index contributed by atoms with van der Waals surface area (Å²) in [6.45, 7) is 6.39. The van der Waals surface area contributed by atoms with Gasteiger partial charge in [0.15, 0.2) is 6.61 Å². The van der Waals surface area contributed by atoms with Gasteiger partial charge in [-0.05, 0) is 55.3 Å². The summed E-state index contributed by atoms with van der Waals surface area (Å²) >= 11 is 6.08. The molecule has 0 N–H and O–H groups in total. The number of fused-ring (bicyclic) bond motifs is 1. The molecule has 0 saturated carbocycles. The van der Waals surface area contributed by atoms with Gasteiger partial charge in [0.1, 0.15) is 11.3 Å². The van der Waals surface area contributed by atoms with Gasteiger partial charge in [-0.1, -0.05) is 17.7 Å². The molecule has 6 nitrogen and oxygen atoms in total. The van der Waals surface area contributed by atoms with Crippen molar-refractivity contribution in [3.8, 4) is 5.75 Å². The number of halogens is 1. The van der Waals surface area contributed by atoms with E-state index in [1.54, 1.807) is 6.07 Å². The summed E-state index contributed by atoms with van der Waals surface area (Å²) in [5.41, 5.74) is 2.80. The first-order chi connectivity index (χ1) is 14.4. The number of aryl methyl sites for hydroxylation is 2. The second-order valence-corrected chi connectivity index (χ2v) is 7.96. The molecule has 4 rings (SSSR count). The number of rotatable bonds is 4. The minimum atomic E-state index is -0.398. The standard InChI is InChI=1S/C23H23ClN2O4/c1-15-10-19(23-16(2)12-22(28)30-20(23)11-15)29-14-21(27)26-8-6-25(7-9-26)18-5-3-4-17(24)13-18/h3-5,10-13H,6-9,14H2,1-2H3. The Balaban J connectivity index is 1.42. The zero-order valence-electron chi connectivity index (χ0n) is 17.0. The van der Waals surface area contributed by atoms with Crippen LogP contribution in [0.25, 0.3) is 11.0 Å². The number of carbonyl (C=O) groups is 1. The van der Waals surface area contributed by atoms with Gasteiger partial charge in [-0.2, -0.15) is 0 Å². The maximum absolute atomic E-state index is 12.7. The van der Waals surface area contributed by atoms with Crippen LogP contribution >= 0.6 is 11.6 Å². The smallest absolute Gasteiger partial charge is 0.336 e. The number of hydrogen-bond donors (Lipinski definition) is 0. The Morgan fingerprint density at radius 3 is 2.60 bits per heavy atom. The molecule has 7 heteroatoms. The van der Waals surface area contributed by atoms with Crippen molar-refractivity contribution in [2.45, 2.75) is 13.8 Å². The molecule has 0 radical (unpaired) electrons. The lowest BCUT2D eigenvalue weighted by atomic mass is 10.1. The van der Waals surface area contributed by atoms with E-state index in [-0.39, 0.29) is 12.5 Å². The molecule has 0 aliphatic carbocycles. The van der Waals surface area contributed by atoms with E-state index in [4.69, 9.17) is 20.8 Å². The first-order valence-corrected chi connectivity index (χ1v) is 10.2. The molecule has 1 saturated heterocycles. The van der Waals surface area contributed by atoms with Gasteiger partial charge in [-0.15, -0.1) is 0 Å². The van der Waals surface area contributed by atoms with Gasteiger partial charge in [0.2, 0.25) is 0 Å². The maximum atomic E-state index is 12.7. The fourth-order valence-corrected chi connectivity index (χ4v) is 3.99. The summed E-state index contributed by atoms with van der Waals surface area (Å²) in [6, 6.07) is 12.8. The van der Waals surface area contributed by atoms with Crippen LogP contribution in [0.5, 0.6) is 5.75 Å². The third-order valence-corrected chi connectivity index (χ3v) is 5.54. The predicted molar refractivity (Wildman–Crippen MR) is 118 cm³/mol. The number of anilines is 1. The summed E-state index contributed by atoms with van der Waals surface area (Å²) in [5, 5.41) is 1.43. The van der Waals surface area contributed by atoms with Crippen molar-refractivity contribution < 1.29 is 13.9 Å². The summed E-state index contributed by atoms with van der Waals surface area (Å²) in [7, 11) is 0. The third-order valence-electron chi connectivity index (χ3n) is 5.31. The van der Waals surface area contributed by atoms with Crippen LogP contribution in [0, 0.1) is 13.8 Å². The van der Waals surface area contributed by atoms with Gasteiger partial charge in [0.05, 0.1) is 5.39 Å². The van der Waals surface area contributed by atoms with Crippen molar-refractivity contribution >= 4 is 34.2 Å². The van der Waals surface area contributed by atoms with Gasteiger partial charge in [0.25, 0.3) is 5.91 Å². The second-order valence-electron chi connectivity index (χ2n) is 7.52. The van der Waals surface area contributed by atoms with E-state index < -0.39 is 5.63 Å². The van der Waals surface area contributed by atoms with Crippen LogP contribution in [-0.4, -0.2) is 43.6 Å². The van der Waals surface area contributed by atoms with Crippen molar-refractivity contribution in [2.75, 3.05) is 37.7 Å². The molecule has 1 aromatic heterocycles. The highest BCUT2D eigenvalue weighted by atomic mass is 35.5. The lowest BCUT2D eigenvalue weighted by Gasteiger charge is -2.36. The number of benzene rings is 2. The molecule has 0 atom stereocenters. The first kappa shape index (κ1) is 20.3. The summed E-state index contributed by atoms with van der Waals surface area (Å²) < 4.78 is 11.2. The molecule has 1 fully saturated rings. The van der Waals surface area contributed by atoms with Crippen LogP contribution in [0.1, 0.15) is 11.1 Å². The van der Waals surface area contributed by atoms with Crippen LogP contribution in [0.2, 0.25) is 5.02 Å². The molecule has 3 aromatic rings. The second kappa shape index (κ2) is 8.40. The van der Waals surface area contributed by atoms with Crippen LogP contribution in [0.3, 0.4) is 0 Å². The number of amides is 1. The molecule has 156 valence electrons. The minimum absolute atomic E-state index is 0.0612. The van der Waals surface area contributed by atoms with Crippen molar-refractivity contribution in [1.82, 2.24) is 4.90 Å². The molecule has 30 heavy (non-hydrogen) atoms. The number of ether oxygens (including phenoxy) is 1. The SMILES string of the molecule is Cc1cc(OCC(=O)N2CCN(c3cccc(Cl)c3)CC2)c2c(C)cc(=O)oc2c1. The zero-order valence-corrected chi connectivity index (χ0v) is 17.7. The zero-order chi connectivity index (χ0) is 21.3. The van der Waals surface area contributed by atoms with Crippen molar-refractivity contribution in [3.63, 3.8) is 0 Å². The summed E-state index contributed by atoms with van der Waals surface area (Å²) in [6.07, 6.45) is 0. The molecular formula is C23H23ClN2O4. The minimum Gasteiger partial charge on any atom is -0.483 e. The van der Waals surface area contributed by atoms with E-state index >= 15 is 0 Å². The Labute approximate surface area is 179 Å². The van der Waals surface area contributed by atoms with E-state index in [1.807, 2.05) is 49.1 Å². The summed E-state index contributed by atoms with van der Waals surface area (Å²) in [5.74, 6) is 0.489. The molecule has 1 amide bonds. The Hall–Kier alpha value is -2.99. The van der Waals surface area contributed by atoms with E-state index in [2.05, 4.69) is 4.90 Å². The molecule has 1 aliphatic rings. The highest BCUT2D eigenvalue weighted by molar-refractivity contribution is 6.30. The largest absolute Gasteiger partial charge is 0.483 e. The third kappa shape index (κ3) is 4.28. The molecule has 0 spiro atoms. The number of carbonyl (C=O) groups excluding carboxylic acids is 1. The number of piperazine rings is 1. The Kier molecular flexibility index (Phi) is 5.68. The quantitative estimate of drug-likeness (QED) is 0.594. The van der Waals surface area contributed by atoms with Gasteiger partial charge >= 0.3 is 5.63 Å². The fourth-order valence-electron chi connectivity index (χ4n) is 3.81. The monoisotopic (exact) mass is 426 g/mol. The Morgan fingerprint density at radius 1 is 1.10 bits per heavy atom. The van der Waals surface area contributed by atoms with Gasteiger partial charge in [-0.3, -0.25) is 4.79 Å². The molecule has 1 aliphatic heterocycles. The maximum Gasteiger partial charge on any atom is 0.336 e. The molecular weight excluding hydrogens is 404 g/mol. The van der Waals surface area contributed by atoms with E-state index in [9.17, 15) is 9.59 Å². The van der Waals surface area contributed by atoms with Crippen LogP contribution < -0.4 is 15.3 Å². The van der Waals surface area contributed by atoms with Crippen molar-refractivity contribution in [3.05, 3.63) is 69.0 Å². The van der Waals surface area contributed by atoms with Crippen molar-refractivity contribution in [2.24, 2.45) is 0 Å². The fraction of sp³-hybridized carbons (Fsp3) is 0.304. The Bertz CT molecular complexity index is 1150. The lowest BCUT2D eigenvalue weighted by Crippen LogP contribution is -2.50. The predicted octanol–water partition coefficient (Wildman–Crippen LogP) is 3.79. The molecule has 0 unspecified atom stereocenters. The van der Waals surface area contributed by atoms with Crippen molar-refractivity contribution in [1.29, 1.82) is 0 Å². The van der Waals surface area contributed by atoms with Gasteiger partial charge in [-0.25, -0.2) is 4.79 Å².